The number of hydrogen-bond acceptors (Lipinski definition) is 4. The Morgan fingerprint density at radius 1 is 1.19 bits per heavy atom. The third-order valence-electron chi connectivity index (χ3n) is 3.99. The maximum absolute atomic E-state index is 13.2. The quantitative estimate of drug-likeness (QED) is 0.779. The lowest BCUT2D eigenvalue weighted by Gasteiger charge is -2.28. The molecule has 1 aliphatic heterocycles. The van der Waals surface area contributed by atoms with E-state index < -0.39 is 15.9 Å². The SMILES string of the molecule is CCOc1ccc(N(C(=O)c2ccccc2Cl)[C@H]2C=CS(=O)(=O)C2)cc1. The second-order valence-corrected chi connectivity index (χ2v) is 8.15. The van der Waals surface area contributed by atoms with Gasteiger partial charge in [-0.05, 0) is 49.4 Å². The number of anilines is 1. The zero-order valence-electron chi connectivity index (χ0n) is 14.1. The van der Waals surface area contributed by atoms with E-state index in [1.54, 1.807) is 48.5 Å². The van der Waals surface area contributed by atoms with Crippen LogP contribution in [-0.4, -0.2) is 32.7 Å². The van der Waals surface area contributed by atoms with E-state index in [1.807, 2.05) is 6.92 Å². The fraction of sp³-hybridized carbons (Fsp3) is 0.211. The number of benzene rings is 2. The van der Waals surface area contributed by atoms with Gasteiger partial charge in [-0.15, -0.1) is 0 Å². The lowest BCUT2D eigenvalue weighted by molar-refractivity contribution is 0.0983. The van der Waals surface area contributed by atoms with Gasteiger partial charge in [0, 0.05) is 11.1 Å². The smallest absolute Gasteiger partial charge is 0.260 e. The van der Waals surface area contributed by atoms with Crippen molar-refractivity contribution in [2.45, 2.75) is 13.0 Å². The maximum Gasteiger partial charge on any atom is 0.260 e. The molecule has 7 heteroatoms. The van der Waals surface area contributed by atoms with Crippen molar-refractivity contribution in [1.82, 2.24) is 0 Å². The Morgan fingerprint density at radius 3 is 2.46 bits per heavy atom. The summed E-state index contributed by atoms with van der Waals surface area (Å²) in [5, 5.41) is 1.47. The van der Waals surface area contributed by atoms with Crippen LogP contribution < -0.4 is 9.64 Å². The molecule has 0 radical (unpaired) electrons. The number of hydrogen-bond donors (Lipinski definition) is 0. The molecule has 0 fully saturated rings. The molecule has 1 atom stereocenters. The van der Waals surface area contributed by atoms with Gasteiger partial charge in [-0.25, -0.2) is 8.42 Å². The first-order valence-electron chi connectivity index (χ1n) is 8.13. The molecule has 136 valence electrons. The molecule has 0 unspecified atom stereocenters. The first kappa shape index (κ1) is 18.5. The Bertz CT molecular complexity index is 938. The van der Waals surface area contributed by atoms with Crippen molar-refractivity contribution in [2.75, 3.05) is 17.3 Å². The molecule has 0 aliphatic carbocycles. The Balaban J connectivity index is 2.01. The van der Waals surface area contributed by atoms with Gasteiger partial charge in [-0.2, -0.15) is 0 Å². The van der Waals surface area contributed by atoms with E-state index in [4.69, 9.17) is 16.3 Å². The average Bonchev–Trinajstić information content (AvgIpc) is 2.97. The van der Waals surface area contributed by atoms with E-state index >= 15 is 0 Å². The van der Waals surface area contributed by atoms with Crippen molar-refractivity contribution in [1.29, 1.82) is 0 Å². The highest BCUT2D eigenvalue weighted by molar-refractivity contribution is 7.94. The van der Waals surface area contributed by atoms with Gasteiger partial charge < -0.3 is 9.64 Å². The predicted octanol–water partition coefficient (Wildman–Crippen LogP) is 3.70. The first-order chi connectivity index (χ1) is 12.4. The van der Waals surface area contributed by atoms with Gasteiger partial charge in [0.2, 0.25) is 0 Å². The minimum atomic E-state index is -3.32. The van der Waals surface area contributed by atoms with Gasteiger partial charge in [-0.1, -0.05) is 23.7 Å². The molecule has 0 N–H and O–H groups in total. The average molecular weight is 392 g/mol. The Hall–Kier alpha value is -2.31. The maximum atomic E-state index is 13.2. The van der Waals surface area contributed by atoms with Gasteiger partial charge in [0.25, 0.3) is 5.91 Å². The highest BCUT2D eigenvalue weighted by Crippen LogP contribution is 2.28. The summed E-state index contributed by atoms with van der Waals surface area (Å²) < 4.78 is 29.2. The van der Waals surface area contributed by atoms with E-state index in [0.717, 1.165) is 5.41 Å². The molecule has 0 saturated heterocycles. The number of rotatable bonds is 5. The van der Waals surface area contributed by atoms with E-state index in [-0.39, 0.29) is 11.7 Å². The Labute approximate surface area is 157 Å². The molecule has 0 bridgehead atoms. The number of nitrogens with zero attached hydrogens (tertiary/aromatic N) is 1. The van der Waals surface area contributed by atoms with Crippen molar-refractivity contribution >= 4 is 33.0 Å². The number of amides is 1. The van der Waals surface area contributed by atoms with Crippen LogP contribution in [0.15, 0.2) is 60.0 Å². The van der Waals surface area contributed by atoms with Crippen LogP contribution in [-0.2, 0) is 9.84 Å². The Morgan fingerprint density at radius 2 is 1.88 bits per heavy atom. The molecule has 2 aromatic carbocycles. The molecular formula is C19H18ClNO4S. The molecule has 1 amide bonds. The van der Waals surface area contributed by atoms with Gasteiger partial charge in [0.15, 0.2) is 9.84 Å². The van der Waals surface area contributed by atoms with Crippen LogP contribution >= 0.6 is 11.6 Å². The topological polar surface area (TPSA) is 63.7 Å². The molecule has 0 aromatic heterocycles. The summed E-state index contributed by atoms with van der Waals surface area (Å²) in [5.41, 5.74) is 0.894. The van der Waals surface area contributed by atoms with E-state index in [9.17, 15) is 13.2 Å². The lowest BCUT2D eigenvalue weighted by atomic mass is 10.1. The fourth-order valence-corrected chi connectivity index (χ4v) is 4.30. The molecular weight excluding hydrogens is 374 g/mol. The van der Waals surface area contributed by atoms with Crippen LogP contribution in [0.1, 0.15) is 17.3 Å². The zero-order chi connectivity index (χ0) is 18.7. The van der Waals surface area contributed by atoms with E-state index in [0.29, 0.717) is 28.6 Å². The summed E-state index contributed by atoms with van der Waals surface area (Å²) >= 11 is 6.18. The molecule has 5 nitrogen and oxygen atoms in total. The summed E-state index contributed by atoms with van der Waals surface area (Å²) in [4.78, 5) is 14.6. The van der Waals surface area contributed by atoms with Crippen LogP contribution in [0.5, 0.6) is 5.75 Å². The first-order valence-corrected chi connectivity index (χ1v) is 10.2. The highest BCUT2D eigenvalue weighted by atomic mass is 35.5. The third-order valence-corrected chi connectivity index (χ3v) is 5.70. The van der Waals surface area contributed by atoms with Crippen LogP contribution in [0, 0.1) is 0 Å². The van der Waals surface area contributed by atoms with Crippen molar-refractivity contribution in [3.63, 3.8) is 0 Å². The predicted molar refractivity (Wildman–Crippen MR) is 103 cm³/mol. The minimum Gasteiger partial charge on any atom is -0.494 e. The van der Waals surface area contributed by atoms with Gasteiger partial charge in [-0.3, -0.25) is 4.79 Å². The molecule has 26 heavy (non-hydrogen) atoms. The summed E-state index contributed by atoms with van der Waals surface area (Å²) in [6.07, 6.45) is 1.53. The van der Waals surface area contributed by atoms with Crippen LogP contribution in [0.25, 0.3) is 0 Å². The lowest BCUT2D eigenvalue weighted by Crippen LogP contribution is -2.41. The van der Waals surface area contributed by atoms with Gasteiger partial charge in [0.05, 0.1) is 29.0 Å². The molecule has 2 aromatic rings. The number of sulfone groups is 1. The van der Waals surface area contributed by atoms with Gasteiger partial charge >= 0.3 is 0 Å². The summed E-state index contributed by atoms with van der Waals surface area (Å²) in [5.74, 6) is 0.165. The third kappa shape index (κ3) is 3.92. The minimum absolute atomic E-state index is 0.156. The molecule has 0 spiro atoms. The highest BCUT2D eigenvalue weighted by Gasteiger charge is 2.32. The van der Waals surface area contributed by atoms with Gasteiger partial charge in [0.1, 0.15) is 5.75 Å². The molecule has 1 heterocycles. The van der Waals surface area contributed by atoms with Crippen molar-refractivity contribution in [3.05, 3.63) is 70.6 Å². The molecule has 1 aliphatic rings. The number of carbonyl (C=O) groups is 1. The van der Waals surface area contributed by atoms with Crippen LogP contribution in [0.3, 0.4) is 0 Å². The van der Waals surface area contributed by atoms with Crippen molar-refractivity contribution in [3.8, 4) is 5.75 Å². The monoisotopic (exact) mass is 391 g/mol. The van der Waals surface area contributed by atoms with E-state index in [2.05, 4.69) is 0 Å². The second-order valence-electron chi connectivity index (χ2n) is 5.81. The normalized spacial score (nSPS) is 17.8. The number of carbonyl (C=O) groups excluding carboxylic acids is 1. The standard InChI is InChI=1S/C19H18ClNO4S/c1-2-25-16-9-7-14(8-10-16)21(15-11-12-26(23,24)13-15)19(22)17-5-3-4-6-18(17)20/h3-12,15H,2,13H2,1H3/t15-/m0/s1. The van der Waals surface area contributed by atoms with Crippen molar-refractivity contribution < 1.29 is 17.9 Å². The zero-order valence-corrected chi connectivity index (χ0v) is 15.7. The summed E-state index contributed by atoms with van der Waals surface area (Å²) in [6.45, 7) is 2.42. The van der Waals surface area contributed by atoms with E-state index in [1.165, 1.54) is 11.0 Å². The van der Waals surface area contributed by atoms with Crippen LogP contribution in [0.2, 0.25) is 5.02 Å². The summed E-state index contributed by atoms with van der Waals surface area (Å²) in [7, 11) is -3.32. The molecule has 3 rings (SSSR count). The van der Waals surface area contributed by atoms with Crippen LogP contribution in [0.4, 0.5) is 5.69 Å². The Kier molecular flexibility index (Phi) is 5.34. The van der Waals surface area contributed by atoms with Crippen molar-refractivity contribution in [2.24, 2.45) is 0 Å². The number of ether oxygens (including phenoxy) is 1. The number of halogens is 1. The summed E-state index contributed by atoms with van der Waals surface area (Å²) in [6, 6.07) is 13.1. The molecule has 0 saturated carbocycles. The fourth-order valence-electron chi connectivity index (χ4n) is 2.81. The second kappa shape index (κ2) is 7.51. The largest absolute Gasteiger partial charge is 0.494 e.